The maximum atomic E-state index is 13.4. The molecule has 2 rings (SSSR count). The summed E-state index contributed by atoms with van der Waals surface area (Å²) in [6, 6.07) is 4.50. The summed E-state index contributed by atoms with van der Waals surface area (Å²) in [6.45, 7) is 2.48. The molecule has 2 N–H and O–H groups in total. The van der Waals surface area contributed by atoms with Crippen LogP contribution in [0.3, 0.4) is 0 Å². The van der Waals surface area contributed by atoms with Gasteiger partial charge in [-0.15, -0.1) is 0 Å². The Morgan fingerprint density at radius 1 is 1.35 bits per heavy atom. The minimum Gasteiger partial charge on any atom is -0.489 e. The van der Waals surface area contributed by atoms with E-state index in [1.54, 1.807) is 6.07 Å². The van der Waals surface area contributed by atoms with E-state index >= 15 is 0 Å². The molecule has 0 amide bonds. The van der Waals surface area contributed by atoms with E-state index < -0.39 is 0 Å². The molecule has 0 aromatic heterocycles. The second-order valence-electron chi connectivity index (χ2n) is 5.26. The number of ether oxygens (including phenoxy) is 1. The van der Waals surface area contributed by atoms with Crippen LogP contribution >= 0.6 is 0 Å². The van der Waals surface area contributed by atoms with Gasteiger partial charge in [0.15, 0.2) is 0 Å². The zero-order valence-corrected chi connectivity index (χ0v) is 12.0. The van der Waals surface area contributed by atoms with Crippen molar-refractivity contribution in [3.63, 3.8) is 0 Å². The van der Waals surface area contributed by atoms with Crippen LogP contribution in [0.5, 0.6) is 5.75 Å². The van der Waals surface area contributed by atoms with Gasteiger partial charge in [0.1, 0.15) is 17.7 Å². The highest BCUT2D eigenvalue weighted by Gasteiger charge is 2.25. The number of nitrogens with two attached hydrogens (primary N) is 1. The highest BCUT2D eigenvalue weighted by molar-refractivity contribution is 5.46. The van der Waals surface area contributed by atoms with Gasteiger partial charge in [0.25, 0.3) is 0 Å². The van der Waals surface area contributed by atoms with E-state index in [4.69, 9.17) is 10.5 Å². The first-order valence-electron chi connectivity index (χ1n) is 7.39. The molecule has 0 heterocycles. The Bertz CT molecular complexity index is 503. The molecule has 2 atom stereocenters. The van der Waals surface area contributed by atoms with Gasteiger partial charge in [-0.05, 0) is 43.7 Å². The first kappa shape index (κ1) is 14.9. The van der Waals surface area contributed by atoms with Crippen molar-refractivity contribution in [3.8, 4) is 17.6 Å². The van der Waals surface area contributed by atoms with E-state index in [1.165, 1.54) is 31.4 Å². The largest absolute Gasteiger partial charge is 0.489 e. The van der Waals surface area contributed by atoms with Crippen LogP contribution in [0.1, 0.15) is 44.6 Å². The average molecular weight is 275 g/mol. The van der Waals surface area contributed by atoms with E-state index in [9.17, 15) is 4.39 Å². The summed E-state index contributed by atoms with van der Waals surface area (Å²) in [7, 11) is 0. The lowest BCUT2D eigenvalue weighted by Crippen LogP contribution is -2.30. The van der Waals surface area contributed by atoms with Crippen molar-refractivity contribution in [2.24, 2.45) is 11.7 Å². The van der Waals surface area contributed by atoms with Crippen molar-refractivity contribution in [2.45, 2.75) is 45.1 Å². The molecule has 2 nitrogen and oxygen atoms in total. The fourth-order valence-corrected chi connectivity index (χ4v) is 2.80. The molecule has 1 aliphatic carbocycles. The number of halogens is 1. The van der Waals surface area contributed by atoms with E-state index in [0.29, 0.717) is 11.7 Å². The SMILES string of the molecule is CCC1CCCCC1Oc1cc(F)ccc1C#CCN. The minimum absolute atomic E-state index is 0.175. The standard InChI is InChI=1S/C17H22FNO/c1-2-13-6-3-4-8-16(13)20-17-12-15(18)10-9-14(17)7-5-11-19/h9-10,12-13,16H,2-4,6,8,11,19H2,1H3. The van der Waals surface area contributed by atoms with Crippen molar-refractivity contribution in [1.82, 2.24) is 0 Å². The summed E-state index contributed by atoms with van der Waals surface area (Å²) >= 11 is 0. The van der Waals surface area contributed by atoms with Crippen molar-refractivity contribution in [1.29, 1.82) is 0 Å². The Hall–Kier alpha value is -1.53. The van der Waals surface area contributed by atoms with Crippen molar-refractivity contribution >= 4 is 0 Å². The van der Waals surface area contributed by atoms with Crippen LogP contribution in [-0.2, 0) is 0 Å². The van der Waals surface area contributed by atoms with Crippen LogP contribution in [-0.4, -0.2) is 12.6 Å². The average Bonchev–Trinajstić information content (AvgIpc) is 2.47. The summed E-state index contributed by atoms with van der Waals surface area (Å²) in [5.74, 6) is 6.58. The molecule has 1 aromatic carbocycles. The summed E-state index contributed by atoms with van der Waals surface area (Å²) in [6.07, 6.45) is 5.96. The molecule has 1 fully saturated rings. The molecule has 0 aliphatic heterocycles. The molecule has 0 saturated heterocycles. The van der Waals surface area contributed by atoms with Crippen LogP contribution in [0.2, 0.25) is 0 Å². The van der Waals surface area contributed by atoms with Crippen molar-refractivity contribution in [2.75, 3.05) is 6.54 Å². The molecular weight excluding hydrogens is 253 g/mol. The van der Waals surface area contributed by atoms with Gasteiger partial charge in [0.2, 0.25) is 0 Å². The molecule has 1 aromatic rings. The Labute approximate surface area is 120 Å². The lowest BCUT2D eigenvalue weighted by atomic mass is 9.84. The van der Waals surface area contributed by atoms with Gasteiger partial charge in [-0.1, -0.05) is 25.2 Å². The molecule has 0 spiro atoms. The van der Waals surface area contributed by atoms with Crippen molar-refractivity contribution < 1.29 is 9.13 Å². The minimum atomic E-state index is -0.290. The molecule has 20 heavy (non-hydrogen) atoms. The fourth-order valence-electron chi connectivity index (χ4n) is 2.80. The maximum Gasteiger partial charge on any atom is 0.138 e. The third-order valence-electron chi connectivity index (χ3n) is 3.91. The number of benzene rings is 1. The maximum absolute atomic E-state index is 13.4. The molecule has 108 valence electrons. The van der Waals surface area contributed by atoms with Gasteiger partial charge in [-0.3, -0.25) is 0 Å². The van der Waals surface area contributed by atoms with Gasteiger partial charge in [0, 0.05) is 6.07 Å². The van der Waals surface area contributed by atoms with E-state index in [2.05, 4.69) is 18.8 Å². The predicted octanol–water partition coefficient (Wildman–Crippen LogP) is 3.48. The zero-order valence-electron chi connectivity index (χ0n) is 12.0. The molecule has 2 unspecified atom stereocenters. The Morgan fingerprint density at radius 2 is 2.15 bits per heavy atom. The number of rotatable bonds is 3. The Balaban J connectivity index is 2.20. The van der Waals surface area contributed by atoms with E-state index in [-0.39, 0.29) is 18.5 Å². The molecular formula is C17H22FNO. The third-order valence-corrected chi connectivity index (χ3v) is 3.91. The monoisotopic (exact) mass is 275 g/mol. The quantitative estimate of drug-likeness (QED) is 0.857. The molecule has 3 heteroatoms. The van der Waals surface area contributed by atoms with Crippen LogP contribution in [0.4, 0.5) is 4.39 Å². The molecule has 1 saturated carbocycles. The normalized spacial score (nSPS) is 21.9. The van der Waals surface area contributed by atoms with Gasteiger partial charge in [0.05, 0.1) is 12.1 Å². The molecule has 0 bridgehead atoms. The van der Waals surface area contributed by atoms with Crippen LogP contribution < -0.4 is 10.5 Å². The van der Waals surface area contributed by atoms with E-state index in [1.807, 2.05) is 0 Å². The zero-order chi connectivity index (χ0) is 14.4. The third kappa shape index (κ3) is 3.74. The first-order valence-corrected chi connectivity index (χ1v) is 7.39. The second-order valence-corrected chi connectivity index (χ2v) is 5.26. The second kappa shape index (κ2) is 7.31. The fraction of sp³-hybridized carbons (Fsp3) is 0.529. The topological polar surface area (TPSA) is 35.2 Å². The highest BCUT2D eigenvalue weighted by atomic mass is 19.1. The molecule has 0 radical (unpaired) electrons. The predicted molar refractivity (Wildman–Crippen MR) is 79.0 cm³/mol. The van der Waals surface area contributed by atoms with Gasteiger partial charge in [-0.2, -0.15) is 0 Å². The van der Waals surface area contributed by atoms with Gasteiger partial charge in [-0.25, -0.2) is 4.39 Å². The number of hydrogen-bond donors (Lipinski definition) is 1. The van der Waals surface area contributed by atoms with Gasteiger partial charge < -0.3 is 10.5 Å². The van der Waals surface area contributed by atoms with Crippen LogP contribution in [0, 0.1) is 23.6 Å². The highest BCUT2D eigenvalue weighted by Crippen LogP contribution is 2.31. The Morgan fingerprint density at radius 3 is 2.90 bits per heavy atom. The summed E-state index contributed by atoms with van der Waals surface area (Å²) in [5.41, 5.74) is 6.12. The lowest BCUT2D eigenvalue weighted by molar-refractivity contribution is 0.0898. The van der Waals surface area contributed by atoms with E-state index in [0.717, 1.165) is 18.4 Å². The summed E-state index contributed by atoms with van der Waals surface area (Å²) in [5, 5.41) is 0. The van der Waals surface area contributed by atoms with Crippen LogP contribution in [0.15, 0.2) is 18.2 Å². The first-order chi connectivity index (χ1) is 9.74. The number of hydrogen-bond acceptors (Lipinski definition) is 2. The van der Waals surface area contributed by atoms with Gasteiger partial charge >= 0.3 is 0 Å². The van der Waals surface area contributed by atoms with Crippen LogP contribution in [0.25, 0.3) is 0 Å². The Kier molecular flexibility index (Phi) is 5.43. The van der Waals surface area contributed by atoms with Crippen molar-refractivity contribution in [3.05, 3.63) is 29.6 Å². The lowest BCUT2D eigenvalue weighted by Gasteiger charge is -2.31. The summed E-state index contributed by atoms with van der Waals surface area (Å²) in [4.78, 5) is 0. The smallest absolute Gasteiger partial charge is 0.138 e. The summed E-state index contributed by atoms with van der Waals surface area (Å²) < 4.78 is 19.5. The molecule has 1 aliphatic rings.